The van der Waals surface area contributed by atoms with Gasteiger partial charge in [0.2, 0.25) is 0 Å². The van der Waals surface area contributed by atoms with Gasteiger partial charge in [0.05, 0.1) is 12.0 Å². The van der Waals surface area contributed by atoms with Crippen LogP contribution in [0.15, 0.2) is 18.2 Å². The normalized spacial score (nSPS) is 10.9. The van der Waals surface area contributed by atoms with Gasteiger partial charge in [-0.3, -0.25) is 4.79 Å². The second kappa shape index (κ2) is 6.27. The number of hydrogen-bond donors (Lipinski definition) is 2. The van der Waals surface area contributed by atoms with Gasteiger partial charge in [-0.25, -0.2) is 4.79 Å². The van der Waals surface area contributed by atoms with Crippen molar-refractivity contribution >= 4 is 17.6 Å². The van der Waals surface area contributed by atoms with E-state index in [1.165, 1.54) is 26.0 Å². The molecule has 1 rings (SSSR count). The van der Waals surface area contributed by atoms with E-state index in [4.69, 9.17) is 20.3 Å². The molecule has 0 fully saturated rings. The lowest BCUT2D eigenvalue weighted by atomic mass is 9.95. The molecule has 110 valence electrons. The molecule has 1 aromatic carbocycles. The van der Waals surface area contributed by atoms with Crippen molar-refractivity contribution in [3.8, 4) is 5.75 Å². The van der Waals surface area contributed by atoms with Gasteiger partial charge in [-0.15, -0.1) is 0 Å². The number of hydrogen-bond acceptors (Lipinski definition) is 5. The van der Waals surface area contributed by atoms with Crippen LogP contribution >= 0.6 is 0 Å². The predicted octanol–water partition coefficient (Wildman–Crippen LogP) is 1.94. The van der Waals surface area contributed by atoms with Crippen LogP contribution in [0.5, 0.6) is 5.75 Å². The summed E-state index contributed by atoms with van der Waals surface area (Å²) in [5.74, 6) is -1.30. The van der Waals surface area contributed by atoms with Gasteiger partial charge in [0.1, 0.15) is 17.9 Å². The number of carbonyl (C=O) groups is 2. The predicted molar refractivity (Wildman–Crippen MR) is 73.7 cm³/mol. The van der Waals surface area contributed by atoms with Crippen LogP contribution in [0.1, 0.15) is 31.1 Å². The van der Waals surface area contributed by atoms with Crippen LogP contribution in [0.3, 0.4) is 0 Å². The minimum atomic E-state index is -1.07. The van der Waals surface area contributed by atoms with Gasteiger partial charge in [0.15, 0.2) is 0 Å². The zero-order valence-corrected chi connectivity index (χ0v) is 11.8. The van der Waals surface area contributed by atoms with Crippen molar-refractivity contribution in [2.75, 3.05) is 18.9 Å². The quantitative estimate of drug-likeness (QED) is 0.610. The smallest absolute Gasteiger partial charge is 0.341 e. The Morgan fingerprint density at radius 3 is 2.55 bits per heavy atom. The number of aliphatic carboxylic acids is 1. The molecular formula is C14H19NO5. The molecular weight excluding hydrogens is 262 g/mol. The van der Waals surface area contributed by atoms with E-state index in [1.807, 2.05) is 0 Å². The van der Waals surface area contributed by atoms with E-state index in [0.717, 1.165) is 0 Å². The molecule has 20 heavy (non-hydrogen) atoms. The molecule has 6 heteroatoms. The number of nitrogen functional groups attached to an aromatic ring is 1. The first kappa shape index (κ1) is 15.8. The number of rotatable bonds is 6. The first-order valence-electron chi connectivity index (χ1n) is 6.20. The number of nitrogens with two attached hydrogens (primary N) is 1. The Hall–Kier alpha value is -2.24. The van der Waals surface area contributed by atoms with Crippen molar-refractivity contribution in [3.05, 3.63) is 23.8 Å². The fourth-order valence-corrected chi connectivity index (χ4v) is 1.36. The van der Waals surface area contributed by atoms with Gasteiger partial charge in [-0.05, 0) is 32.9 Å². The Labute approximate surface area is 117 Å². The third-order valence-corrected chi connectivity index (χ3v) is 2.67. The van der Waals surface area contributed by atoms with E-state index in [2.05, 4.69) is 0 Å². The number of carboxylic acid groups (broad SMARTS) is 1. The lowest BCUT2D eigenvalue weighted by molar-refractivity contribution is -0.148. The first-order chi connectivity index (χ1) is 9.27. The lowest BCUT2D eigenvalue weighted by Gasteiger charge is -2.20. The van der Waals surface area contributed by atoms with Crippen molar-refractivity contribution in [3.63, 3.8) is 0 Å². The minimum Gasteiger partial charge on any atom is -0.491 e. The van der Waals surface area contributed by atoms with Crippen LogP contribution in [0.2, 0.25) is 0 Å². The molecule has 0 radical (unpaired) electrons. The molecule has 0 saturated carbocycles. The van der Waals surface area contributed by atoms with Gasteiger partial charge in [0, 0.05) is 11.8 Å². The molecule has 0 spiro atoms. The van der Waals surface area contributed by atoms with Gasteiger partial charge < -0.3 is 20.3 Å². The molecule has 0 amide bonds. The zero-order valence-electron chi connectivity index (χ0n) is 11.8. The standard InChI is InChI=1S/C14H19NO5/c1-4-19-12(16)10-6-5-9(15)7-11(10)20-8-14(2,3)13(17)18/h5-7H,4,8,15H2,1-3H3,(H,17,18). The molecule has 0 unspecified atom stereocenters. The second-order valence-corrected chi connectivity index (χ2v) is 4.95. The monoisotopic (exact) mass is 281 g/mol. The second-order valence-electron chi connectivity index (χ2n) is 4.95. The van der Waals surface area contributed by atoms with E-state index in [-0.39, 0.29) is 24.5 Å². The average molecular weight is 281 g/mol. The average Bonchev–Trinajstić information content (AvgIpc) is 2.36. The first-order valence-corrected chi connectivity index (χ1v) is 6.20. The summed E-state index contributed by atoms with van der Waals surface area (Å²) in [5, 5.41) is 9.04. The van der Waals surface area contributed by atoms with Crippen molar-refractivity contribution in [2.24, 2.45) is 5.41 Å². The Morgan fingerprint density at radius 1 is 1.35 bits per heavy atom. The van der Waals surface area contributed by atoms with E-state index in [1.54, 1.807) is 13.0 Å². The van der Waals surface area contributed by atoms with E-state index >= 15 is 0 Å². The van der Waals surface area contributed by atoms with Crippen LogP contribution in [0.25, 0.3) is 0 Å². The SMILES string of the molecule is CCOC(=O)c1ccc(N)cc1OCC(C)(C)C(=O)O. The Balaban J connectivity index is 2.96. The number of carbonyl (C=O) groups excluding carboxylic acids is 1. The fraction of sp³-hybridized carbons (Fsp3) is 0.429. The van der Waals surface area contributed by atoms with Gasteiger partial charge in [-0.1, -0.05) is 0 Å². The maximum atomic E-state index is 11.8. The highest BCUT2D eigenvalue weighted by atomic mass is 16.5. The summed E-state index contributed by atoms with van der Waals surface area (Å²) in [5.41, 5.74) is 5.22. The Bertz CT molecular complexity index is 510. The Morgan fingerprint density at radius 2 is 2.00 bits per heavy atom. The fourth-order valence-electron chi connectivity index (χ4n) is 1.36. The molecule has 3 N–H and O–H groups in total. The Kier molecular flexibility index (Phi) is 4.96. The molecule has 0 saturated heterocycles. The molecule has 0 aromatic heterocycles. The van der Waals surface area contributed by atoms with Gasteiger partial charge >= 0.3 is 11.9 Å². The third-order valence-electron chi connectivity index (χ3n) is 2.67. The van der Waals surface area contributed by atoms with Crippen molar-refractivity contribution in [2.45, 2.75) is 20.8 Å². The maximum Gasteiger partial charge on any atom is 0.341 e. The summed E-state index contributed by atoms with van der Waals surface area (Å²) in [6.07, 6.45) is 0. The number of carboxylic acids is 1. The van der Waals surface area contributed by atoms with Gasteiger partial charge in [0.25, 0.3) is 0 Å². The summed E-state index contributed by atoms with van der Waals surface area (Å²) < 4.78 is 10.4. The topological polar surface area (TPSA) is 98.9 Å². The summed E-state index contributed by atoms with van der Waals surface area (Å²) in [7, 11) is 0. The number of esters is 1. The molecule has 0 atom stereocenters. The molecule has 0 aliphatic carbocycles. The van der Waals surface area contributed by atoms with Crippen molar-refractivity contribution in [1.29, 1.82) is 0 Å². The number of ether oxygens (including phenoxy) is 2. The van der Waals surface area contributed by atoms with Crippen molar-refractivity contribution in [1.82, 2.24) is 0 Å². The molecule has 0 aliphatic heterocycles. The van der Waals surface area contributed by atoms with Crippen LogP contribution in [0, 0.1) is 5.41 Å². The summed E-state index contributed by atoms with van der Waals surface area (Å²) in [6.45, 7) is 4.92. The summed E-state index contributed by atoms with van der Waals surface area (Å²) in [6, 6.07) is 4.53. The van der Waals surface area contributed by atoms with Crippen LogP contribution in [-0.4, -0.2) is 30.3 Å². The largest absolute Gasteiger partial charge is 0.491 e. The van der Waals surface area contributed by atoms with Crippen LogP contribution < -0.4 is 10.5 Å². The molecule has 0 bridgehead atoms. The highest BCUT2D eigenvalue weighted by Gasteiger charge is 2.29. The molecule has 6 nitrogen and oxygen atoms in total. The van der Waals surface area contributed by atoms with E-state index in [0.29, 0.717) is 5.69 Å². The summed E-state index contributed by atoms with van der Waals surface area (Å²) >= 11 is 0. The lowest BCUT2D eigenvalue weighted by Crippen LogP contribution is -2.31. The molecule has 0 heterocycles. The minimum absolute atomic E-state index is 0.0851. The number of benzene rings is 1. The molecule has 1 aromatic rings. The van der Waals surface area contributed by atoms with E-state index in [9.17, 15) is 9.59 Å². The maximum absolute atomic E-state index is 11.8. The van der Waals surface area contributed by atoms with Crippen LogP contribution in [-0.2, 0) is 9.53 Å². The number of anilines is 1. The molecule has 0 aliphatic rings. The highest BCUT2D eigenvalue weighted by molar-refractivity contribution is 5.93. The van der Waals surface area contributed by atoms with Crippen LogP contribution in [0.4, 0.5) is 5.69 Å². The van der Waals surface area contributed by atoms with E-state index < -0.39 is 17.4 Å². The zero-order chi connectivity index (χ0) is 15.3. The van der Waals surface area contributed by atoms with Crippen molar-refractivity contribution < 1.29 is 24.2 Å². The van der Waals surface area contributed by atoms with Gasteiger partial charge in [-0.2, -0.15) is 0 Å². The highest BCUT2D eigenvalue weighted by Crippen LogP contribution is 2.25. The third kappa shape index (κ3) is 3.88. The summed E-state index contributed by atoms with van der Waals surface area (Å²) in [4.78, 5) is 22.8.